The lowest BCUT2D eigenvalue weighted by atomic mass is 10.1. The van der Waals surface area contributed by atoms with Gasteiger partial charge in [0.2, 0.25) is 23.1 Å². The zero-order valence-electron chi connectivity index (χ0n) is 43.8. The van der Waals surface area contributed by atoms with Gasteiger partial charge in [-0.3, -0.25) is 32.7 Å². The highest BCUT2D eigenvalue weighted by Crippen LogP contribution is 2.15. The van der Waals surface area contributed by atoms with Crippen LogP contribution < -0.4 is 32.7 Å². The zero-order chi connectivity index (χ0) is 53.6. The number of amidine groups is 1. The van der Waals surface area contributed by atoms with Gasteiger partial charge in [-0.2, -0.15) is 14.6 Å². The van der Waals surface area contributed by atoms with Crippen LogP contribution in [0.4, 0.5) is 0 Å². The SMILES string of the molecule is C.C.C.C.C=C1N=C(C(C)C)NO1.CC(C)c1cc(=O)[nH]s1.CC(C)c1cocc(O)c1=O.CC(C)c1nn[nH]n1.CC(C)c1ns[nH]c1=O.CNC(=O)C(C)C.CNC(=O)C(C)C.Cc1cc(C(C)C)on1. The summed E-state index contributed by atoms with van der Waals surface area (Å²) in [4.78, 5) is 63.1. The molecule has 6 heterocycles. The maximum Gasteiger partial charge on any atom is 0.281 e. The first-order valence-electron chi connectivity index (χ1n) is 22.4. The lowest BCUT2D eigenvalue weighted by molar-refractivity contribution is -0.124. The standard InChI is InChI=1S/C8H10O3.C7H11NO.C6H10N2O.C6H9NOS.C5H8N2OS.2C5H11NO.C4H8N4.4CH4/c1-5(2)6-3-11-4-7(9)8(6)10;1-5(2)7-4-6(3)8-9-7;1-4(2)6-7-5(3)9-8-6;1-4(2)5-3-6(8)7-9-5;1-3(2)4-5(8)7-9-6-4;2*1-4(2)5(7)6-3;1-3(2)4-5-7-8-6-4;;;;/h3-5,9H,1-2H3;4-5H,1-3H3;4H,3H2,1-2H3,(H,7,8);3-4H,1-2H3,(H,7,8);3H,1-2H3,(H,7,8);2*4H,1-3H3,(H,6,7);3H,1-2H3,(H,5,6,7,8);4*1H4. The summed E-state index contributed by atoms with van der Waals surface area (Å²) in [5.74, 6) is 5.11. The monoisotopic (exact) mass is 1070 g/mol. The molecule has 0 saturated carbocycles. The topological polar surface area (TPSA) is 301 Å². The Kier molecular flexibility index (Phi) is 45.3. The van der Waals surface area contributed by atoms with E-state index in [-0.39, 0.29) is 87.5 Å². The summed E-state index contributed by atoms with van der Waals surface area (Å²) in [6.07, 6.45) is 2.40. The van der Waals surface area contributed by atoms with Crippen molar-refractivity contribution in [1.29, 1.82) is 0 Å². The lowest BCUT2D eigenvalue weighted by Crippen LogP contribution is -2.22. The number of hydrogen-bond acceptors (Lipinski definition) is 18. The van der Waals surface area contributed by atoms with Gasteiger partial charge in [-0.25, -0.2) is 5.48 Å². The van der Waals surface area contributed by atoms with Crippen LogP contribution in [-0.2, 0) is 14.4 Å². The highest BCUT2D eigenvalue weighted by molar-refractivity contribution is 7.05. The van der Waals surface area contributed by atoms with Gasteiger partial charge in [-0.05, 0) is 25.3 Å². The van der Waals surface area contributed by atoms with Crippen LogP contribution in [0.3, 0.4) is 0 Å². The van der Waals surface area contributed by atoms with E-state index in [0.29, 0.717) is 40.8 Å². The van der Waals surface area contributed by atoms with E-state index >= 15 is 0 Å². The number of carbonyl (C=O) groups is 2. The first-order chi connectivity index (χ1) is 32.1. The van der Waals surface area contributed by atoms with Crippen LogP contribution in [0.25, 0.3) is 0 Å². The summed E-state index contributed by atoms with van der Waals surface area (Å²) in [5, 5.41) is 31.1. The molecule has 1 aliphatic rings. The molecular weight excluding hydrogens is 977 g/mol. The number of hydrogen-bond donors (Lipinski definition) is 7. The second kappa shape index (κ2) is 42.3. The van der Waals surface area contributed by atoms with E-state index in [1.807, 2.05) is 96.1 Å². The Morgan fingerprint density at radius 2 is 1.27 bits per heavy atom. The number of tetrazole rings is 1. The summed E-state index contributed by atoms with van der Waals surface area (Å²) in [7, 11) is 3.28. The number of amides is 2. The molecule has 0 bridgehead atoms. The Balaban J connectivity index is -0.000000175. The number of H-pyrrole nitrogens is 3. The normalized spacial score (nSPS) is 10.5. The van der Waals surface area contributed by atoms with Gasteiger partial charge < -0.3 is 29.5 Å². The van der Waals surface area contributed by atoms with Gasteiger partial charge >= 0.3 is 0 Å². The van der Waals surface area contributed by atoms with Crippen molar-refractivity contribution in [1.82, 2.24) is 55.0 Å². The summed E-state index contributed by atoms with van der Waals surface area (Å²) in [6.45, 7) is 36.9. The molecule has 5 aromatic heterocycles. The van der Waals surface area contributed by atoms with Crippen LogP contribution in [0, 0.1) is 24.7 Å². The third-order valence-corrected chi connectivity index (χ3v) is 10.1. The smallest absolute Gasteiger partial charge is 0.281 e. The van der Waals surface area contributed by atoms with Crippen molar-refractivity contribution in [3.63, 3.8) is 0 Å². The second-order valence-corrected chi connectivity index (χ2v) is 18.8. The number of rotatable bonds is 8. The molecule has 420 valence electrons. The molecule has 5 aromatic rings. The van der Waals surface area contributed by atoms with Crippen molar-refractivity contribution in [3.05, 3.63) is 101 Å². The fraction of sp³-hybridized carbons (Fsp3) is 0.620. The average molecular weight is 1070 g/mol. The van der Waals surface area contributed by atoms with Crippen LogP contribution in [-0.4, -0.2) is 75.8 Å². The second-order valence-electron chi connectivity index (χ2n) is 17.4. The van der Waals surface area contributed by atoms with Gasteiger partial charge in [0, 0.05) is 83.9 Å². The minimum Gasteiger partial charge on any atom is -0.502 e. The van der Waals surface area contributed by atoms with E-state index in [9.17, 15) is 24.0 Å². The maximum absolute atomic E-state index is 11.1. The molecule has 7 N–H and O–H groups in total. The molecule has 73 heavy (non-hydrogen) atoms. The first-order valence-corrected chi connectivity index (χ1v) is 24.0. The van der Waals surface area contributed by atoms with Crippen molar-refractivity contribution in [3.8, 4) is 5.75 Å². The number of aromatic nitrogens is 8. The highest BCUT2D eigenvalue weighted by Gasteiger charge is 2.12. The summed E-state index contributed by atoms with van der Waals surface area (Å²) < 4.78 is 18.8. The van der Waals surface area contributed by atoms with Gasteiger partial charge in [0.25, 0.3) is 11.1 Å². The molecule has 0 spiro atoms. The lowest BCUT2D eigenvalue weighted by Gasteiger charge is -2.01. The minimum atomic E-state index is -0.341. The van der Waals surface area contributed by atoms with Gasteiger partial charge in [0.15, 0.2) is 11.6 Å². The molecule has 0 aliphatic carbocycles. The Bertz CT molecular complexity index is 2350. The van der Waals surface area contributed by atoms with Gasteiger partial charge in [0.1, 0.15) is 23.6 Å². The van der Waals surface area contributed by atoms with Crippen LogP contribution in [0.1, 0.15) is 203 Å². The number of aromatic amines is 3. The summed E-state index contributed by atoms with van der Waals surface area (Å²) >= 11 is 2.53. The molecule has 21 nitrogen and oxygen atoms in total. The Morgan fingerprint density at radius 1 is 0.726 bits per heavy atom. The first kappa shape index (κ1) is 78.2. The van der Waals surface area contributed by atoms with Gasteiger partial charge in [-0.15, -0.1) is 10.2 Å². The average Bonchev–Trinajstić information content (AvgIpc) is 4.15. The third-order valence-electron chi connectivity index (χ3n) is 8.37. The highest BCUT2D eigenvalue weighted by atomic mass is 32.1. The number of hydroxylamine groups is 1. The van der Waals surface area contributed by atoms with Gasteiger partial charge in [-0.1, -0.05) is 162 Å². The molecule has 2 amide bonds. The Morgan fingerprint density at radius 3 is 1.48 bits per heavy atom. The molecule has 0 aromatic carbocycles. The van der Waals surface area contributed by atoms with Crippen molar-refractivity contribution in [2.75, 3.05) is 14.1 Å². The van der Waals surface area contributed by atoms with E-state index in [0.717, 1.165) is 46.0 Å². The molecule has 0 radical (unpaired) electrons. The molecule has 23 heteroatoms. The molecular formula is C50H94N12O9S2. The fourth-order valence-electron chi connectivity index (χ4n) is 4.17. The van der Waals surface area contributed by atoms with Crippen molar-refractivity contribution < 1.29 is 28.5 Å². The quantitative estimate of drug-likeness (QED) is 0.0760. The van der Waals surface area contributed by atoms with Crippen molar-refractivity contribution >= 4 is 40.9 Å². The molecule has 1 aliphatic heterocycles. The number of nitrogens with one attached hydrogen (secondary N) is 6. The summed E-state index contributed by atoms with van der Waals surface area (Å²) in [6, 6.07) is 3.61. The predicted octanol–water partition coefficient (Wildman–Crippen LogP) is 10.8. The number of aromatic hydroxyl groups is 1. The molecule has 0 unspecified atom stereocenters. The maximum atomic E-state index is 11.1. The number of carbonyl (C=O) groups excluding carboxylic acids is 2. The van der Waals surface area contributed by atoms with E-state index in [4.69, 9.17) is 18.9 Å². The fourth-order valence-corrected chi connectivity index (χ4v) is 5.47. The van der Waals surface area contributed by atoms with E-state index in [2.05, 4.69) is 94.3 Å². The predicted molar refractivity (Wildman–Crippen MR) is 301 cm³/mol. The number of aryl methyl sites for hydroxylation is 1. The number of aliphatic imine (C=N–C) groups is 1. The Labute approximate surface area is 443 Å². The zero-order valence-corrected chi connectivity index (χ0v) is 45.5. The van der Waals surface area contributed by atoms with E-state index in [1.54, 1.807) is 20.2 Å². The van der Waals surface area contributed by atoms with Crippen LogP contribution in [0.15, 0.2) is 65.4 Å². The van der Waals surface area contributed by atoms with Crippen LogP contribution >= 0.6 is 23.3 Å². The van der Waals surface area contributed by atoms with Crippen molar-refractivity contribution in [2.45, 2.75) is 177 Å². The molecule has 6 rings (SSSR count). The third kappa shape index (κ3) is 34.7. The van der Waals surface area contributed by atoms with E-state index in [1.165, 1.54) is 17.8 Å². The minimum absolute atomic E-state index is 0. The van der Waals surface area contributed by atoms with Crippen molar-refractivity contribution in [2.24, 2.45) is 22.7 Å². The van der Waals surface area contributed by atoms with Gasteiger partial charge in [0.05, 0.1) is 12.0 Å². The summed E-state index contributed by atoms with van der Waals surface area (Å²) in [5.41, 5.74) is 4.39. The van der Waals surface area contributed by atoms with Crippen LogP contribution in [0.5, 0.6) is 5.75 Å². The molecule has 0 atom stereocenters. The largest absolute Gasteiger partial charge is 0.502 e. The molecule has 0 saturated heterocycles. The van der Waals surface area contributed by atoms with E-state index < -0.39 is 0 Å². The Hall–Kier alpha value is -6.23. The number of nitrogens with zero attached hydrogens (tertiary/aromatic N) is 6. The van der Waals surface area contributed by atoms with Crippen LogP contribution in [0.2, 0.25) is 0 Å². The molecule has 0 fully saturated rings.